The summed E-state index contributed by atoms with van der Waals surface area (Å²) in [5.74, 6) is -0.0301. The Bertz CT molecular complexity index is 1340. The molecule has 0 radical (unpaired) electrons. The number of aliphatic hydroxyl groups excluding tert-OH is 2. The average Bonchev–Trinajstić information content (AvgIpc) is 3.49. The van der Waals surface area contributed by atoms with Crippen molar-refractivity contribution in [2.75, 3.05) is 13.2 Å². The van der Waals surface area contributed by atoms with Gasteiger partial charge in [-0.3, -0.25) is 9.59 Å². The van der Waals surface area contributed by atoms with Crippen LogP contribution in [0.4, 0.5) is 0 Å². The number of carbonyl (C=O) groups is 2. The molecule has 1 amide bonds. The summed E-state index contributed by atoms with van der Waals surface area (Å²) >= 11 is 0. The van der Waals surface area contributed by atoms with Gasteiger partial charge < -0.3 is 20.3 Å². The summed E-state index contributed by atoms with van der Waals surface area (Å²) in [5.41, 5.74) is 0. The van der Waals surface area contributed by atoms with Gasteiger partial charge >= 0.3 is 5.97 Å². The summed E-state index contributed by atoms with van der Waals surface area (Å²) < 4.78 is 5.51. The van der Waals surface area contributed by atoms with E-state index in [0.29, 0.717) is 25.9 Å². The Kier molecular flexibility index (Phi) is 70.9. The number of hydrogen-bond acceptors (Lipinski definition) is 5. The Hall–Kier alpha value is -1.92. The zero-order valence-electron chi connectivity index (χ0n) is 56.2. The summed E-state index contributed by atoms with van der Waals surface area (Å²) in [6, 6.07) is -0.549. The molecule has 2 atom stereocenters. The first-order valence-electron chi connectivity index (χ1n) is 37.7. The lowest BCUT2D eigenvalue weighted by Crippen LogP contribution is -2.45. The first-order chi connectivity index (χ1) is 41.0. The van der Waals surface area contributed by atoms with Crippen LogP contribution in [0.5, 0.6) is 0 Å². The Morgan fingerprint density at radius 1 is 0.337 bits per heavy atom. The van der Waals surface area contributed by atoms with Gasteiger partial charge in [0.1, 0.15) is 0 Å². The number of hydrogen-bond donors (Lipinski definition) is 3. The van der Waals surface area contributed by atoms with Gasteiger partial charge in [-0.2, -0.15) is 0 Å². The van der Waals surface area contributed by atoms with E-state index in [4.69, 9.17) is 4.74 Å². The van der Waals surface area contributed by atoms with Gasteiger partial charge in [-0.25, -0.2) is 0 Å². The smallest absolute Gasteiger partial charge is 0.305 e. The zero-order chi connectivity index (χ0) is 59.9. The molecule has 0 rings (SSSR count). The van der Waals surface area contributed by atoms with Crippen LogP contribution >= 0.6 is 0 Å². The van der Waals surface area contributed by atoms with Crippen LogP contribution < -0.4 is 5.32 Å². The summed E-state index contributed by atoms with van der Waals surface area (Å²) in [7, 11) is 0. The van der Waals surface area contributed by atoms with Crippen LogP contribution in [-0.2, 0) is 14.3 Å². The molecular weight excluding hydrogens is 1020 g/mol. The molecule has 0 aliphatic heterocycles. The van der Waals surface area contributed by atoms with E-state index >= 15 is 0 Å². The Morgan fingerprint density at radius 2 is 0.602 bits per heavy atom. The van der Waals surface area contributed by atoms with Crippen molar-refractivity contribution in [3.8, 4) is 0 Å². The van der Waals surface area contributed by atoms with Crippen molar-refractivity contribution in [2.45, 2.75) is 431 Å². The fourth-order valence-corrected chi connectivity index (χ4v) is 11.9. The maximum absolute atomic E-state index is 12.6. The molecule has 83 heavy (non-hydrogen) atoms. The predicted octanol–water partition coefficient (Wildman–Crippen LogP) is 24.7. The lowest BCUT2D eigenvalue weighted by molar-refractivity contribution is -0.143. The van der Waals surface area contributed by atoms with Gasteiger partial charge in [-0.15, -0.1) is 0 Å². The average molecular weight is 1170 g/mol. The highest BCUT2D eigenvalue weighted by molar-refractivity contribution is 5.76. The van der Waals surface area contributed by atoms with E-state index in [1.54, 1.807) is 0 Å². The molecule has 490 valence electrons. The minimum atomic E-state index is -0.671. The van der Waals surface area contributed by atoms with E-state index in [-0.39, 0.29) is 18.5 Å². The zero-order valence-corrected chi connectivity index (χ0v) is 56.2. The van der Waals surface area contributed by atoms with Gasteiger partial charge in [-0.1, -0.05) is 359 Å². The van der Waals surface area contributed by atoms with E-state index < -0.39 is 12.1 Å². The second-order valence-corrected chi connectivity index (χ2v) is 26.0. The summed E-state index contributed by atoms with van der Waals surface area (Å²) in [6.45, 7) is 4.96. The van der Waals surface area contributed by atoms with Crippen LogP contribution in [0.2, 0.25) is 0 Å². The van der Waals surface area contributed by atoms with Crippen molar-refractivity contribution in [3.63, 3.8) is 0 Å². The van der Waals surface area contributed by atoms with Gasteiger partial charge in [0, 0.05) is 12.8 Å². The second-order valence-electron chi connectivity index (χ2n) is 26.0. The highest BCUT2D eigenvalue weighted by atomic mass is 16.5. The summed E-state index contributed by atoms with van der Waals surface area (Å²) in [5, 5.41) is 23.5. The van der Waals surface area contributed by atoms with Gasteiger partial charge in [-0.05, 0) is 83.5 Å². The summed E-state index contributed by atoms with van der Waals surface area (Å²) in [4.78, 5) is 24.7. The molecule has 0 saturated carbocycles. The molecule has 0 aliphatic carbocycles. The molecule has 6 nitrogen and oxygen atoms in total. The fourth-order valence-electron chi connectivity index (χ4n) is 11.9. The van der Waals surface area contributed by atoms with Crippen molar-refractivity contribution < 1.29 is 24.5 Å². The maximum atomic E-state index is 12.6. The van der Waals surface area contributed by atoms with Gasteiger partial charge in [0.25, 0.3) is 0 Å². The molecule has 0 aromatic heterocycles. The Morgan fingerprint density at radius 3 is 0.952 bits per heavy atom. The van der Waals surface area contributed by atoms with Gasteiger partial charge in [0.05, 0.1) is 25.4 Å². The Balaban J connectivity index is 3.40. The number of aliphatic hydroxyl groups is 2. The van der Waals surface area contributed by atoms with Crippen molar-refractivity contribution in [3.05, 3.63) is 36.5 Å². The number of allylic oxidation sites excluding steroid dienone is 6. The maximum Gasteiger partial charge on any atom is 0.305 e. The van der Waals surface area contributed by atoms with Crippen LogP contribution in [0.15, 0.2) is 36.5 Å². The number of carbonyl (C=O) groups excluding carboxylic acids is 2. The number of amides is 1. The van der Waals surface area contributed by atoms with E-state index in [0.717, 1.165) is 51.4 Å². The lowest BCUT2D eigenvalue weighted by atomic mass is 10.0. The number of rotatable bonds is 71. The molecule has 0 aromatic carbocycles. The number of esters is 1. The van der Waals surface area contributed by atoms with Crippen molar-refractivity contribution >= 4 is 11.9 Å². The van der Waals surface area contributed by atoms with Crippen LogP contribution in [0, 0.1) is 0 Å². The number of unbranched alkanes of at least 4 members (excludes halogenated alkanes) is 54. The highest BCUT2D eigenvalue weighted by Crippen LogP contribution is 2.19. The number of ether oxygens (including phenoxy) is 1. The molecule has 0 spiro atoms. The molecule has 0 fully saturated rings. The third-order valence-corrected chi connectivity index (χ3v) is 17.7. The second kappa shape index (κ2) is 72.6. The fraction of sp³-hybridized carbons (Fsp3) is 0.896. The largest absolute Gasteiger partial charge is 0.466 e. The SMILES string of the molecule is CCCCC/C=C\C/C=C\CCCCCCCCCCCC(=O)OCCCCCCCCCCCCC/C=C\CCCCCCCCCC(=O)NC(CO)C(O)CCCCCCCCCCCCCCCCCCCCCCCCCCC. The van der Waals surface area contributed by atoms with E-state index in [1.165, 1.54) is 334 Å². The lowest BCUT2D eigenvalue weighted by Gasteiger charge is -2.22. The Labute approximate surface area is 519 Å². The van der Waals surface area contributed by atoms with Crippen LogP contribution in [0.1, 0.15) is 418 Å². The van der Waals surface area contributed by atoms with Crippen molar-refractivity contribution in [2.24, 2.45) is 0 Å². The normalized spacial score (nSPS) is 12.7. The molecule has 0 aromatic rings. The highest BCUT2D eigenvalue weighted by Gasteiger charge is 2.20. The van der Waals surface area contributed by atoms with E-state index in [1.807, 2.05) is 0 Å². The topological polar surface area (TPSA) is 95.9 Å². The monoisotopic (exact) mass is 1170 g/mol. The standard InChI is InChI=1S/C77H147NO5/c1-3-5-7-9-11-13-15-17-19-21-23-24-25-26-27-30-34-37-41-45-49-53-57-61-65-69-75(80)74(73-79)78-76(81)70-66-62-58-54-50-46-42-38-35-31-28-29-32-36-40-44-48-52-56-60-64-68-72-83-77(82)71-67-63-59-55-51-47-43-39-33-22-20-18-16-14-12-10-8-6-4-2/h12,14,18,20,31,35,74-75,79-80H,3-11,13,15-17,19,21-30,32-34,36-73H2,1-2H3,(H,78,81)/b14-12-,20-18-,35-31-. The molecule has 0 bridgehead atoms. The molecule has 0 saturated heterocycles. The van der Waals surface area contributed by atoms with Gasteiger partial charge in [0.15, 0.2) is 0 Å². The number of nitrogens with one attached hydrogen (secondary N) is 1. The van der Waals surface area contributed by atoms with Crippen LogP contribution in [0.25, 0.3) is 0 Å². The molecule has 0 aliphatic rings. The molecule has 6 heteroatoms. The molecule has 0 heterocycles. The minimum Gasteiger partial charge on any atom is -0.466 e. The molecule has 2 unspecified atom stereocenters. The first kappa shape index (κ1) is 81.1. The van der Waals surface area contributed by atoms with Crippen molar-refractivity contribution in [1.29, 1.82) is 0 Å². The predicted molar refractivity (Wildman–Crippen MR) is 366 cm³/mol. The van der Waals surface area contributed by atoms with Crippen molar-refractivity contribution in [1.82, 2.24) is 5.32 Å². The minimum absolute atomic E-state index is 0.00719. The molecule has 3 N–H and O–H groups in total. The van der Waals surface area contributed by atoms with Crippen LogP contribution in [0.3, 0.4) is 0 Å². The van der Waals surface area contributed by atoms with Gasteiger partial charge in [0.2, 0.25) is 5.91 Å². The molecular formula is C77H147NO5. The summed E-state index contributed by atoms with van der Waals surface area (Å²) in [6.07, 6.45) is 93.5. The van der Waals surface area contributed by atoms with E-state index in [2.05, 4.69) is 55.6 Å². The van der Waals surface area contributed by atoms with E-state index in [9.17, 15) is 19.8 Å². The van der Waals surface area contributed by atoms with Crippen LogP contribution in [-0.4, -0.2) is 47.4 Å². The first-order valence-corrected chi connectivity index (χ1v) is 37.7. The quantitative estimate of drug-likeness (QED) is 0.0320. The third-order valence-electron chi connectivity index (χ3n) is 17.7. The third kappa shape index (κ3) is 69.1.